The Morgan fingerprint density at radius 1 is 1.71 bits per heavy atom. The van der Waals surface area contributed by atoms with Gasteiger partial charge in [-0.2, -0.15) is 0 Å². The van der Waals surface area contributed by atoms with Gasteiger partial charge in [-0.25, -0.2) is 4.42 Å². The highest BCUT2D eigenvalue weighted by Gasteiger charge is 2.31. The predicted octanol–water partition coefficient (Wildman–Crippen LogP) is 0.477. The molecule has 1 fully saturated rings. The molecule has 2 atom stereocenters. The summed E-state index contributed by atoms with van der Waals surface area (Å²) in [6, 6.07) is -0.362. The maximum absolute atomic E-state index is 10.8. The summed E-state index contributed by atoms with van der Waals surface area (Å²) in [4.78, 5) is 10.8. The van der Waals surface area contributed by atoms with Gasteiger partial charge in [-0.05, 0) is 24.1 Å². The minimum Gasteiger partial charge on any atom is -0.382 e. The fraction of sp³-hybridized carbons (Fsp3) is 0.889. The van der Waals surface area contributed by atoms with Crippen LogP contribution < -0.4 is 5.73 Å². The second-order valence-corrected chi connectivity index (χ2v) is 4.51. The van der Waals surface area contributed by atoms with Crippen LogP contribution in [0.2, 0.25) is 0 Å². The molecule has 0 heterocycles. The van der Waals surface area contributed by atoms with E-state index in [1.807, 2.05) is 0 Å². The van der Waals surface area contributed by atoms with Crippen molar-refractivity contribution in [3.8, 4) is 0 Å². The fourth-order valence-electron chi connectivity index (χ4n) is 1.73. The molecule has 0 bridgehead atoms. The van der Waals surface area contributed by atoms with Gasteiger partial charge in [0.2, 0.25) is 5.91 Å². The second kappa shape index (κ2) is 4.96. The zero-order valence-corrected chi connectivity index (χ0v) is 9.07. The third-order valence-corrected chi connectivity index (χ3v) is 3.16. The van der Waals surface area contributed by atoms with E-state index in [0.717, 1.165) is 19.3 Å². The number of carbonyl (C=O) groups is 1. The molecule has 1 saturated carbocycles. The Balaban J connectivity index is 2.48. The number of hydrogen-bond donors (Lipinski definition) is 2. The van der Waals surface area contributed by atoms with Crippen molar-refractivity contribution >= 4 is 17.7 Å². The van der Waals surface area contributed by atoms with Crippen molar-refractivity contribution in [2.45, 2.75) is 37.8 Å². The van der Waals surface area contributed by atoms with Crippen LogP contribution in [0.1, 0.15) is 25.7 Å². The third-order valence-electron chi connectivity index (χ3n) is 2.91. The van der Waals surface area contributed by atoms with E-state index in [9.17, 15) is 9.90 Å². The number of aliphatic hydroxyl groups is 1. The van der Waals surface area contributed by atoms with E-state index in [0.29, 0.717) is 5.92 Å². The summed E-state index contributed by atoms with van der Waals surface area (Å²) < 4.78 is 1.35. The molecule has 0 spiro atoms. The molecular weight excluding hydrogens is 204 g/mol. The minimum absolute atomic E-state index is 0.362. The molecule has 0 radical (unpaired) electrons. The average Bonchev–Trinajstić information content (AvgIpc) is 2.00. The van der Waals surface area contributed by atoms with Crippen molar-refractivity contribution in [3.63, 3.8) is 0 Å². The zero-order chi connectivity index (χ0) is 10.7. The Labute approximate surface area is 89.1 Å². The van der Waals surface area contributed by atoms with Gasteiger partial charge < -0.3 is 10.8 Å². The van der Waals surface area contributed by atoms with E-state index < -0.39 is 12.0 Å². The summed E-state index contributed by atoms with van der Waals surface area (Å²) in [5.74, 6) is -0.128. The van der Waals surface area contributed by atoms with Crippen LogP contribution in [0.3, 0.4) is 0 Å². The lowest BCUT2D eigenvalue weighted by Crippen LogP contribution is -2.46. The number of nitrogens with two attached hydrogens (primary N) is 1. The molecule has 0 aliphatic heterocycles. The minimum atomic E-state index is -1.17. The lowest BCUT2D eigenvalue weighted by Gasteiger charge is -2.33. The van der Waals surface area contributed by atoms with E-state index in [1.54, 1.807) is 7.05 Å². The number of nitrogens with zero attached hydrogens (tertiary/aromatic N) is 1. The molecule has 82 valence electrons. The number of halogens is 1. The maximum Gasteiger partial charge on any atom is 0.247 e. The van der Waals surface area contributed by atoms with Crippen molar-refractivity contribution < 1.29 is 9.90 Å². The number of aliphatic hydroxyl groups excluding tert-OH is 1. The SMILES string of the molecule is CN(Cl)C(CC1CCC1)C(O)C(N)=O. The first-order chi connectivity index (χ1) is 6.52. The fourth-order valence-corrected chi connectivity index (χ4v) is 1.91. The summed E-state index contributed by atoms with van der Waals surface area (Å²) in [5.41, 5.74) is 5.04. The quantitative estimate of drug-likeness (QED) is 0.663. The van der Waals surface area contributed by atoms with Crippen LogP contribution in [0.4, 0.5) is 0 Å². The summed E-state index contributed by atoms with van der Waals surface area (Å²) in [6.07, 6.45) is 3.12. The van der Waals surface area contributed by atoms with Gasteiger partial charge in [-0.3, -0.25) is 4.79 Å². The molecule has 1 rings (SSSR count). The molecular formula is C9H17ClN2O2. The molecule has 14 heavy (non-hydrogen) atoms. The van der Waals surface area contributed by atoms with E-state index >= 15 is 0 Å². The normalized spacial score (nSPS) is 21.7. The molecule has 0 aromatic rings. The Kier molecular flexibility index (Phi) is 4.16. The number of primary amides is 1. The zero-order valence-electron chi connectivity index (χ0n) is 8.32. The van der Waals surface area contributed by atoms with Gasteiger partial charge in [0.25, 0.3) is 0 Å². The van der Waals surface area contributed by atoms with Crippen LogP contribution in [-0.2, 0) is 4.79 Å². The van der Waals surface area contributed by atoms with E-state index in [4.69, 9.17) is 17.5 Å². The van der Waals surface area contributed by atoms with Gasteiger partial charge in [0.05, 0.1) is 6.04 Å². The molecule has 5 heteroatoms. The maximum atomic E-state index is 10.8. The summed E-state index contributed by atoms with van der Waals surface area (Å²) in [6.45, 7) is 0. The number of rotatable bonds is 5. The van der Waals surface area contributed by atoms with Gasteiger partial charge >= 0.3 is 0 Å². The Morgan fingerprint density at radius 2 is 2.29 bits per heavy atom. The standard InChI is InChI=1S/C9H17ClN2O2/c1-12(10)7(8(13)9(11)14)5-6-3-2-4-6/h6-8,13H,2-5H2,1H3,(H2,11,14). The molecule has 1 aliphatic carbocycles. The summed E-state index contributed by atoms with van der Waals surface area (Å²) in [5, 5.41) is 9.52. The van der Waals surface area contributed by atoms with Gasteiger partial charge in [-0.15, -0.1) is 0 Å². The van der Waals surface area contributed by atoms with Crippen molar-refractivity contribution in [3.05, 3.63) is 0 Å². The van der Waals surface area contributed by atoms with Crippen LogP contribution in [0.25, 0.3) is 0 Å². The first-order valence-electron chi connectivity index (χ1n) is 4.88. The highest BCUT2D eigenvalue weighted by Crippen LogP contribution is 2.32. The van der Waals surface area contributed by atoms with Crippen LogP contribution in [-0.4, -0.2) is 34.6 Å². The molecule has 2 unspecified atom stereocenters. The van der Waals surface area contributed by atoms with E-state index in [1.165, 1.54) is 10.8 Å². The molecule has 1 aliphatic rings. The van der Waals surface area contributed by atoms with Crippen LogP contribution in [0.5, 0.6) is 0 Å². The number of amides is 1. The first kappa shape index (κ1) is 11.8. The smallest absolute Gasteiger partial charge is 0.247 e. The van der Waals surface area contributed by atoms with Crippen LogP contribution in [0.15, 0.2) is 0 Å². The lowest BCUT2D eigenvalue weighted by atomic mass is 9.80. The van der Waals surface area contributed by atoms with Gasteiger partial charge in [0.1, 0.15) is 6.10 Å². The van der Waals surface area contributed by atoms with E-state index in [2.05, 4.69) is 0 Å². The lowest BCUT2D eigenvalue weighted by molar-refractivity contribution is -0.128. The topological polar surface area (TPSA) is 66.6 Å². The van der Waals surface area contributed by atoms with Gasteiger partial charge in [0, 0.05) is 7.05 Å². The van der Waals surface area contributed by atoms with Crippen molar-refractivity contribution in [2.24, 2.45) is 11.7 Å². The highest BCUT2D eigenvalue weighted by molar-refractivity contribution is 6.13. The Hall–Kier alpha value is -0.320. The Morgan fingerprint density at radius 3 is 2.57 bits per heavy atom. The molecule has 3 N–H and O–H groups in total. The van der Waals surface area contributed by atoms with Crippen molar-refractivity contribution in [1.29, 1.82) is 0 Å². The molecule has 4 nitrogen and oxygen atoms in total. The van der Waals surface area contributed by atoms with Gasteiger partial charge in [-0.1, -0.05) is 19.3 Å². The van der Waals surface area contributed by atoms with Crippen molar-refractivity contribution in [2.75, 3.05) is 7.05 Å². The highest BCUT2D eigenvalue weighted by atomic mass is 35.5. The number of carbonyl (C=O) groups excluding carboxylic acids is 1. The molecule has 0 aromatic heterocycles. The Bertz CT molecular complexity index is 207. The summed E-state index contributed by atoms with van der Waals surface area (Å²) in [7, 11) is 1.64. The van der Waals surface area contributed by atoms with Crippen LogP contribution in [0, 0.1) is 5.92 Å². The second-order valence-electron chi connectivity index (χ2n) is 3.97. The third kappa shape index (κ3) is 2.83. The molecule has 0 aromatic carbocycles. The number of likely N-dealkylation sites (N-methyl/N-ethyl adjacent to an activating group) is 1. The van der Waals surface area contributed by atoms with Gasteiger partial charge in [0.15, 0.2) is 0 Å². The first-order valence-corrected chi connectivity index (χ1v) is 5.22. The van der Waals surface area contributed by atoms with Crippen LogP contribution >= 0.6 is 11.8 Å². The summed E-state index contributed by atoms with van der Waals surface area (Å²) >= 11 is 5.77. The van der Waals surface area contributed by atoms with Crippen molar-refractivity contribution in [1.82, 2.24) is 4.42 Å². The largest absolute Gasteiger partial charge is 0.382 e. The molecule has 0 saturated heterocycles. The predicted molar refractivity (Wildman–Crippen MR) is 54.6 cm³/mol. The monoisotopic (exact) mass is 220 g/mol. The average molecular weight is 221 g/mol. The molecule has 1 amide bonds. The van der Waals surface area contributed by atoms with E-state index in [-0.39, 0.29) is 6.04 Å². The number of hydrogen-bond acceptors (Lipinski definition) is 3.